The number of fused-ring (bicyclic) bond motifs is 4. The normalized spacial score (nSPS) is 14.0. The van der Waals surface area contributed by atoms with Gasteiger partial charge in [0.25, 0.3) is 11.1 Å². The van der Waals surface area contributed by atoms with Gasteiger partial charge >= 0.3 is 0 Å². The third-order valence-corrected chi connectivity index (χ3v) is 8.94. The molecule has 0 saturated heterocycles. The number of aromatic nitrogens is 6. The molecule has 0 atom stereocenters. The summed E-state index contributed by atoms with van der Waals surface area (Å²) < 4.78 is 3.62. The number of benzene rings is 2. The summed E-state index contributed by atoms with van der Waals surface area (Å²) in [6.45, 7) is 8.12. The predicted octanol–water partition coefficient (Wildman–Crippen LogP) is 3.80. The molecule has 2 aromatic carbocycles. The Morgan fingerprint density at radius 3 is 1.80 bits per heavy atom. The molecular weight excluding hydrogens is 637 g/mol. The van der Waals surface area contributed by atoms with Crippen LogP contribution in [0.2, 0.25) is 0 Å². The Balaban J connectivity index is 0.000000160. The van der Waals surface area contributed by atoms with Crippen LogP contribution < -0.4 is 16.4 Å². The molecule has 10 heteroatoms. The second-order valence-corrected chi connectivity index (χ2v) is 12.5. The molecule has 0 spiro atoms. The van der Waals surface area contributed by atoms with Crippen molar-refractivity contribution >= 4 is 21.8 Å². The molecule has 6 aromatic rings. The first kappa shape index (κ1) is 33.6. The molecule has 0 unspecified atom stereocenters. The van der Waals surface area contributed by atoms with Crippen LogP contribution in [-0.4, -0.2) is 66.7 Å². The average Bonchev–Trinajstić information content (AvgIpc) is 3.53. The Hall–Kier alpha value is -5.94. The van der Waals surface area contributed by atoms with Gasteiger partial charge in [-0.2, -0.15) is 0 Å². The highest BCUT2D eigenvalue weighted by molar-refractivity contribution is 5.80. The fourth-order valence-corrected chi connectivity index (χ4v) is 6.35. The minimum atomic E-state index is 0.0305. The number of hydrogen-bond donors (Lipinski definition) is 1. The zero-order valence-corrected chi connectivity index (χ0v) is 28.6. The highest BCUT2D eigenvalue weighted by atomic mass is 16.1. The van der Waals surface area contributed by atoms with Gasteiger partial charge in [-0.1, -0.05) is 30.9 Å². The molecule has 0 radical (unpaired) electrons. The maximum absolute atomic E-state index is 12.9. The van der Waals surface area contributed by atoms with Crippen LogP contribution in [0, 0.1) is 23.7 Å². The molecule has 8 rings (SSSR count). The van der Waals surface area contributed by atoms with Gasteiger partial charge in [0.2, 0.25) is 0 Å². The molecule has 2 aliphatic heterocycles. The van der Waals surface area contributed by atoms with Crippen molar-refractivity contribution in [2.45, 2.75) is 39.3 Å². The maximum atomic E-state index is 12.9. The zero-order valence-electron chi connectivity index (χ0n) is 28.6. The van der Waals surface area contributed by atoms with Crippen molar-refractivity contribution in [3.63, 3.8) is 0 Å². The van der Waals surface area contributed by atoms with E-state index >= 15 is 0 Å². The van der Waals surface area contributed by atoms with Crippen molar-refractivity contribution in [1.82, 2.24) is 39.3 Å². The lowest BCUT2D eigenvalue weighted by molar-refractivity contribution is 0.280. The molecule has 0 bridgehead atoms. The number of rotatable bonds is 2. The summed E-state index contributed by atoms with van der Waals surface area (Å²) in [6, 6.07) is 22.5. The summed E-state index contributed by atoms with van der Waals surface area (Å²) in [6.07, 6.45) is 6.13. The van der Waals surface area contributed by atoms with E-state index in [1.54, 1.807) is 17.0 Å². The van der Waals surface area contributed by atoms with E-state index in [2.05, 4.69) is 50.8 Å². The van der Waals surface area contributed by atoms with Crippen molar-refractivity contribution < 1.29 is 0 Å². The molecule has 0 aliphatic carbocycles. The predicted molar refractivity (Wildman–Crippen MR) is 199 cm³/mol. The molecule has 0 fully saturated rings. The SMILES string of the molecule is CCCN1CCc2nc3cc(C#Cc4ccccn4)ccc3c(=O)n2CC1.O=c1c2ccc(C#Cc3ccccn3)cc2nc2n1CCNCC2. The molecular formula is C41H38N8O2. The van der Waals surface area contributed by atoms with Crippen LogP contribution in [0.15, 0.2) is 94.8 Å². The Morgan fingerprint density at radius 2 is 1.24 bits per heavy atom. The van der Waals surface area contributed by atoms with Crippen molar-refractivity contribution in [2.75, 3.05) is 32.7 Å². The number of nitrogens with zero attached hydrogens (tertiary/aromatic N) is 7. The lowest BCUT2D eigenvalue weighted by atomic mass is 10.1. The summed E-state index contributed by atoms with van der Waals surface area (Å²) in [5.74, 6) is 14.0. The van der Waals surface area contributed by atoms with Gasteiger partial charge in [0.05, 0.1) is 21.8 Å². The largest absolute Gasteiger partial charge is 0.315 e. The smallest absolute Gasteiger partial charge is 0.261 e. The number of pyridine rings is 2. The first-order valence-corrected chi connectivity index (χ1v) is 17.4. The molecule has 0 amide bonds. The molecule has 254 valence electrons. The van der Waals surface area contributed by atoms with Crippen LogP contribution in [-0.2, 0) is 25.9 Å². The average molecular weight is 675 g/mol. The lowest BCUT2D eigenvalue weighted by Crippen LogP contribution is -2.29. The minimum Gasteiger partial charge on any atom is -0.315 e. The van der Waals surface area contributed by atoms with Gasteiger partial charge in [-0.25, -0.2) is 19.9 Å². The van der Waals surface area contributed by atoms with Crippen LogP contribution in [0.25, 0.3) is 21.8 Å². The molecule has 4 aromatic heterocycles. The van der Waals surface area contributed by atoms with E-state index < -0.39 is 0 Å². The number of hydrogen-bond acceptors (Lipinski definition) is 8. The summed E-state index contributed by atoms with van der Waals surface area (Å²) >= 11 is 0. The van der Waals surface area contributed by atoms with Crippen molar-refractivity contribution in [2.24, 2.45) is 0 Å². The summed E-state index contributed by atoms with van der Waals surface area (Å²) in [4.78, 5) is 45.9. The van der Waals surface area contributed by atoms with Gasteiger partial charge in [0.1, 0.15) is 23.0 Å². The highest BCUT2D eigenvalue weighted by Gasteiger charge is 2.17. The second-order valence-electron chi connectivity index (χ2n) is 12.5. The van der Waals surface area contributed by atoms with E-state index in [4.69, 9.17) is 9.97 Å². The van der Waals surface area contributed by atoms with Crippen LogP contribution in [0.4, 0.5) is 0 Å². The quantitative estimate of drug-likeness (QED) is 0.277. The summed E-state index contributed by atoms with van der Waals surface area (Å²) in [5, 5.41) is 4.60. The first-order valence-electron chi connectivity index (χ1n) is 17.4. The van der Waals surface area contributed by atoms with Crippen molar-refractivity contribution in [1.29, 1.82) is 0 Å². The maximum Gasteiger partial charge on any atom is 0.261 e. The van der Waals surface area contributed by atoms with E-state index in [9.17, 15) is 9.59 Å². The van der Waals surface area contributed by atoms with Gasteiger partial charge in [0.15, 0.2) is 0 Å². The van der Waals surface area contributed by atoms with Gasteiger partial charge < -0.3 is 10.2 Å². The van der Waals surface area contributed by atoms with E-state index in [0.717, 1.165) is 91.7 Å². The highest BCUT2D eigenvalue weighted by Crippen LogP contribution is 2.15. The van der Waals surface area contributed by atoms with Crippen LogP contribution in [0.5, 0.6) is 0 Å². The van der Waals surface area contributed by atoms with E-state index in [1.165, 1.54) is 0 Å². The monoisotopic (exact) mass is 674 g/mol. The zero-order chi connectivity index (χ0) is 35.0. The van der Waals surface area contributed by atoms with E-state index in [-0.39, 0.29) is 11.1 Å². The summed E-state index contributed by atoms with van der Waals surface area (Å²) in [5.41, 5.74) is 4.63. The van der Waals surface area contributed by atoms with Gasteiger partial charge in [-0.3, -0.25) is 18.7 Å². The van der Waals surface area contributed by atoms with Crippen LogP contribution >= 0.6 is 0 Å². The third kappa shape index (κ3) is 7.94. The van der Waals surface area contributed by atoms with Crippen LogP contribution in [0.3, 0.4) is 0 Å². The Bertz CT molecular complexity index is 2430. The van der Waals surface area contributed by atoms with Gasteiger partial charge in [-0.15, -0.1) is 0 Å². The van der Waals surface area contributed by atoms with Gasteiger partial charge in [-0.05, 0) is 85.5 Å². The Kier molecular flexibility index (Phi) is 10.4. The molecule has 6 heterocycles. The van der Waals surface area contributed by atoms with Crippen molar-refractivity contribution in [3.05, 3.63) is 140 Å². The summed E-state index contributed by atoms with van der Waals surface area (Å²) in [7, 11) is 0. The first-order chi connectivity index (χ1) is 25.1. The molecule has 0 saturated carbocycles. The van der Waals surface area contributed by atoms with Gasteiger partial charge in [0, 0.05) is 75.6 Å². The number of nitrogens with one attached hydrogen (secondary N) is 1. The molecule has 51 heavy (non-hydrogen) atoms. The Labute approximate surface area is 296 Å². The topological polar surface area (TPSA) is 111 Å². The molecule has 2 aliphatic rings. The fourth-order valence-electron chi connectivity index (χ4n) is 6.35. The molecule has 1 N–H and O–H groups in total. The van der Waals surface area contributed by atoms with Crippen molar-refractivity contribution in [3.8, 4) is 23.7 Å². The van der Waals surface area contributed by atoms with E-state index in [0.29, 0.717) is 29.4 Å². The lowest BCUT2D eigenvalue weighted by Gasteiger charge is -2.17. The van der Waals surface area contributed by atoms with Crippen LogP contribution in [0.1, 0.15) is 47.5 Å². The Morgan fingerprint density at radius 1 is 0.647 bits per heavy atom. The molecule has 10 nitrogen and oxygen atoms in total. The third-order valence-electron chi connectivity index (χ3n) is 8.94. The van der Waals surface area contributed by atoms with E-state index in [1.807, 2.05) is 77.4 Å². The minimum absolute atomic E-state index is 0.0305. The second kappa shape index (κ2) is 15.7. The fraction of sp³-hybridized carbons (Fsp3) is 0.268. The standard InChI is InChI=1S/C22H22N4O.C19H16N4O/c1-2-12-25-13-10-21-24-20-16-17(6-8-18-5-3-4-11-23-18)7-9-19(20)22(27)26(21)15-14-25;24-19-16-7-5-14(4-6-15-3-1-2-9-21-15)13-17(16)22-18-8-10-20-11-12-23(18)19/h3-5,7,9,11,16H,2,10,12-15H2,1H3;1-3,5,7,9,13,20H,8,10-12H2.